The SMILES string of the molecule is C1CCN(CC2CCNC2)C1. The van der Waals surface area contributed by atoms with E-state index in [0.29, 0.717) is 0 Å². The molecule has 0 amide bonds. The topological polar surface area (TPSA) is 15.3 Å². The minimum absolute atomic E-state index is 0.952. The summed E-state index contributed by atoms with van der Waals surface area (Å²) in [7, 11) is 0. The Balaban J connectivity index is 1.71. The fourth-order valence-corrected chi connectivity index (χ4v) is 2.20. The zero-order chi connectivity index (χ0) is 7.52. The summed E-state index contributed by atoms with van der Waals surface area (Å²) in [5.41, 5.74) is 0. The summed E-state index contributed by atoms with van der Waals surface area (Å²) in [5, 5.41) is 3.42. The van der Waals surface area contributed by atoms with Gasteiger partial charge in [0.15, 0.2) is 0 Å². The molecule has 1 atom stereocenters. The first-order valence-electron chi connectivity index (χ1n) is 4.88. The van der Waals surface area contributed by atoms with E-state index >= 15 is 0 Å². The highest BCUT2D eigenvalue weighted by Crippen LogP contribution is 2.14. The maximum absolute atomic E-state index is 3.42. The lowest BCUT2D eigenvalue weighted by Crippen LogP contribution is -2.27. The summed E-state index contributed by atoms with van der Waals surface area (Å²) in [4.78, 5) is 2.62. The molecule has 0 aliphatic carbocycles. The van der Waals surface area contributed by atoms with Gasteiger partial charge in [0.05, 0.1) is 0 Å². The molecular formula is C9H18N2. The van der Waals surface area contributed by atoms with E-state index in [4.69, 9.17) is 0 Å². The van der Waals surface area contributed by atoms with Crippen molar-refractivity contribution in [2.24, 2.45) is 5.92 Å². The van der Waals surface area contributed by atoms with Gasteiger partial charge in [0.2, 0.25) is 0 Å². The zero-order valence-electron chi connectivity index (χ0n) is 7.18. The molecule has 0 spiro atoms. The van der Waals surface area contributed by atoms with Crippen molar-refractivity contribution in [3.63, 3.8) is 0 Å². The van der Waals surface area contributed by atoms with E-state index in [9.17, 15) is 0 Å². The standard InChI is InChI=1S/C9H18N2/c1-2-6-11(5-1)8-9-3-4-10-7-9/h9-10H,1-8H2. The van der Waals surface area contributed by atoms with Gasteiger partial charge in [-0.15, -0.1) is 0 Å². The van der Waals surface area contributed by atoms with Gasteiger partial charge in [-0.3, -0.25) is 0 Å². The Morgan fingerprint density at radius 1 is 1.27 bits per heavy atom. The molecule has 2 aliphatic heterocycles. The fraction of sp³-hybridized carbons (Fsp3) is 1.00. The minimum atomic E-state index is 0.952. The molecule has 11 heavy (non-hydrogen) atoms. The Bertz CT molecular complexity index is 98.7. The molecular weight excluding hydrogens is 136 g/mol. The molecule has 0 saturated carbocycles. The third kappa shape index (κ3) is 1.94. The molecule has 0 radical (unpaired) electrons. The van der Waals surface area contributed by atoms with Gasteiger partial charge in [-0.2, -0.15) is 0 Å². The second kappa shape index (κ2) is 3.55. The average molecular weight is 154 g/mol. The van der Waals surface area contributed by atoms with Gasteiger partial charge < -0.3 is 10.2 Å². The van der Waals surface area contributed by atoms with Crippen LogP contribution in [0.25, 0.3) is 0 Å². The highest BCUT2D eigenvalue weighted by molar-refractivity contribution is 4.76. The summed E-state index contributed by atoms with van der Waals surface area (Å²) in [6, 6.07) is 0. The number of nitrogens with one attached hydrogen (secondary N) is 1. The van der Waals surface area contributed by atoms with Crippen LogP contribution in [0.2, 0.25) is 0 Å². The van der Waals surface area contributed by atoms with E-state index in [-0.39, 0.29) is 0 Å². The van der Waals surface area contributed by atoms with Crippen LogP contribution >= 0.6 is 0 Å². The molecule has 0 aromatic heterocycles. The van der Waals surface area contributed by atoms with Crippen LogP contribution < -0.4 is 5.32 Å². The van der Waals surface area contributed by atoms with Crippen molar-refractivity contribution in [3.8, 4) is 0 Å². The van der Waals surface area contributed by atoms with E-state index in [1.807, 2.05) is 0 Å². The van der Waals surface area contributed by atoms with Gasteiger partial charge >= 0.3 is 0 Å². The maximum Gasteiger partial charge on any atom is 0.00223 e. The van der Waals surface area contributed by atoms with Crippen molar-refractivity contribution < 1.29 is 0 Å². The van der Waals surface area contributed by atoms with Crippen molar-refractivity contribution >= 4 is 0 Å². The Kier molecular flexibility index (Phi) is 2.44. The highest BCUT2D eigenvalue weighted by Gasteiger charge is 2.19. The fourth-order valence-electron chi connectivity index (χ4n) is 2.20. The summed E-state index contributed by atoms with van der Waals surface area (Å²) >= 11 is 0. The second-order valence-corrected chi connectivity index (χ2v) is 3.87. The molecule has 2 heteroatoms. The largest absolute Gasteiger partial charge is 0.316 e. The highest BCUT2D eigenvalue weighted by atomic mass is 15.1. The van der Waals surface area contributed by atoms with Crippen LogP contribution in [0.5, 0.6) is 0 Å². The van der Waals surface area contributed by atoms with Crippen LogP contribution in [-0.4, -0.2) is 37.6 Å². The second-order valence-electron chi connectivity index (χ2n) is 3.87. The minimum Gasteiger partial charge on any atom is -0.316 e. The average Bonchev–Trinajstić information content (AvgIpc) is 2.60. The monoisotopic (exact) mass is 154 g/mol. The molecule has 2 heterocycles. The summed E-state index contributed by atoms with van der Waals surface area (Å²) in [6.45, 7) is 6.58. The zero-order valence-corrected chi connectivity index (χ0v) is 7.18. The van der Waals surface area contributed by atoms with Gasteiger partial charge in [0, 0.05) is 6.54 Å². The van der Waals surface area contributed by atoms with Crippen LogP contribution in [0.4, 0.5) is 0 Å². The number of rotatable bonds is 2. The van der Waals surface area contributed by atoms with Crippen LogP contribution in [0.1, 0.15) is 19.3 Å². The smallest absolute Gasteiger partial charge is 0.00223 e. The number of nitrogens with zero attached hydrogens (tertiary/aromatic N) is 1. The van der Waals surface area contributed by atoms with E-state index in [1.54, 1.807) is 0 Å². The molecule has 1 N–H and O–H groups in total. The third-order valence-electron chi connectivity index (χ3n) is 2.88. The molecule has 2 nitrogen and oxygen atoms in total. The lowest BCUT2D eigenvalue weighted by atomic mass is 10.1. The number of hydrogen-bond donors (Lipinski definition) is 1. The normalized spacial score (nSPS) is 33.3. The van der Waals surface area contributed by atoms with E-state index in [1.165, 1.54) is 52.0 Å². The Morgan fingerprint density at radius 3 is 2.73 bits per heavy atom. The first kappa shape index (κ1) is 7.56. The van der Waals surface area contributed by atoms with Gasteiger partial charge in [0.25, 0.3) is 0 Å². The summed E-state index contributed by atoms with van der Waals surface area (Å²) in [6.07, 6.45) is 4.26. The Morgan fingerprint density at radius 2 is 2.09 bits per heavy atom. The molecule has 0 aromatic carbocycles. The van der Waals surface area contributed by atoms with Gasteiger partial charge in [0.1, 0.15) is 0 Å². The number of hydrogen-bond acceptors (Lipinski definition) is 2. The van der Waals surface area contributed by atoms with Crippen molar-refractivity contribution in [3.05, 3.63) is 0 Å². The van der Waals surface area contributed by atoms with Crippen LogP contribution in [0.3, 0.4) is 0 Å². The molecule has 2 fully saturated rings. The van der Waals surface area contributed by atoms with Crippen LogP contribution in [0.15, 0.2) is 0 Å². The predicted molar refractivity (Wildman–Crippen MR) is 46.7 cm³/mol. The molecule has 1 unspecified atom stereocenters. The maximum atomic E-state index is 3.42. The van der Waals surface area contributed by atoms with E-state index in [2.05, 4.69) is 10.2 Å². The van der Waals surface area contributed by atoms with Crippen molar-refractivity contribution in [2.75, 3.05) is 32.7 Å². The van der Waals surface area contributed by atoms with Crippen LogP contribution in [0, 0.1) is 5.92 Å². The molecule has 0 aromatic rings. The molecule has 2 aliphatic rings. The molecule has 0 bridgehead atoms. The third-order valence-corrected chi connectivity index (χ3v) is 2.88. The Hall–Kier alpha value is -0.0800. The molecule has 64 valence electrons. The first-order chi connectivity index (χ1) is 5.45. The first-order valence-corrected chi connectivity index (χ1v) is 4.88. The van der Waals surface area contributed by atoms with E-state index in [0.717, 1.165) is 5.92 Å². The molecule has 2 saturated heterocycles. The predicted octanol–water partition coefficient (Wildman–Crippen LogP) is 0.692. The summed E-state index contributed by atoms with van der Waals surface area (Å²) in [5.74, 6) is 0.952. The lowest BCUT2D eigenvalue weighted by Gasteiger charge is -2.18. The number of likely N-dealkylation sites (tertiary alicyclic amines) is 1. The Labute approximate surface area is 69.0 Å². The van der Waals surface area contributed by atoms with Crippen molar-refractivity contribution in [2.45, 2.75) is 19.3 Å². The van der Waals surface area contributed by atoms with Gasteiger partial charge in [-0.25, -0.2) is 0 Å². The van der Waals surface area contributed by atoms with E-state index < -0.39 is 0 Å². The van der Waals surface area contributed by atoms with Gasteiger partial charge in [-0.05, 0) is 51.4 Å². The van der Waals surface area contributed by atoms with Gasteiger partial charge in [-0.1, -0.05) is 0 Å². The lowest BCUT2D eigenvalue weighted by molar-refractivity contribution is 0.288. The molecule has 2 rings (SSSR count). The van der Waals surface area contributed by atoms with Crippen LogP contribution in [-0.2, 0) is 0 Å². The quantitative estimate of drug-likeness (QED) is 0.629. The van der Waals surface area contributed by atoms with Crippen molar-refractivity contribution in [1.82, 2.24) is 10.2 Å². The van der Waals surface area contributed by atoms with Crippen molar-refractivity contribution in [1.29, 1.82) is 0 Å². The summed E-state index contributed by atoms with van der Waals surface area (Å²) < 4.78 is 0.